The number of ether oxygens (including phenoxy) is 5. The first-order valence-corrected chi connectivity index (χ1v) is 17.3. The third-order valence-electron chi connectivity index (χ3n) is 8.68. The summed E-state index contributed by atoms with van der Waals surface area (Å²) in [6.45, 7) is 4.25. The zero-order valence-electron chi connectivity index (χ0n) is 30.7. The quantitative estimate of drug-likeness (QED) is 0.0770. The highest BCUT2D eigenvalue weighted by Crippen LogP contribution is 2.39. The average Bonchev–Trinajstić information content (AvgIpc) is 3.57. The van der Waals surface area contributed by atoms with E-state index in [0.29, 0.717) is 79.4 Å². The number of methoxy groups -OCH3 is 3. The maximum absolute atomic E-state index is 12.9. The molecule has 282 valence electrons. The van der Waals surface area contributed by atoms with Gasteiger partial charge in [0.05, 0.1) is 70.3 Å². The number of hydrogen-bond donors (Lipinski definition) is 3. The molecule has 0 atom stereocenters. The van der Waals surface area contributed by atoms with Gasteiger partial charge >= 0.3 is 11.9 Å². The van der Waals surface area contributed by atoms with E-state index >= 15 is 0 Å². The summed E-state index contributed by atoms with van der Waals surface area (Å²) in [5.41, 5.74) is 10.2. The standard InChI is InChI=1S/C41H44N4O9/c1-26-34(40(47)48)23-31(24-35(26)41(49)52-4)38-44-36(29-7-5-9-32(21-29)50-2)37(30-8-6-10-33(22-30)51-3)45(38)25-27-11-13-28(14-12-27)39(46)43-16-18-54-20-19-53-17-15-42/h5-14,21-24H,15-20,25,42H2,1-4H3,(H,43,46)(H,47,48). The van der Waals surface area contributed by atoms with Crippen LogP contribution in [0.4, 0.5) is 0 Å². The summed E-state index contributed by atoms with van der Waals surface area (Å²) in [5, 5.41) is 13.1. The number of aromatic nitrogens is 2. The molecule has 0 saturated carbocycles. The van der Waals surface area contributed by atoms with Crippen LogP contribution in [0.5, 0.6) is 11.5 Å². The predicted molar refractivity (Wildman–Crippen MR) is 203 cm³/mol. The van der Waals surface area contributed by atoms with Crippen molar-refractivity contribution in [3.8, 4) is 45.4 Å². The van der Waals surface area contributed by atoms with Crippen LogP contribution < -0.4 is 20.5 Å². The van der Waals surface area contributed by atoms with Gasteiger partial charge in [0.2, 0.25) is 0 Å². The van der Waals surface area contributed by atoms with Crippen molar-refractivity contribution in [1.29, 1.82) is 0 Å². The van der Waals surface area contributed by atoms with Crippen LogP contribution in [-0.2, 0) is 20.8 Å². The number of nitrogens with two attached hydrogens (primary N) is 1. The number of nitrogens with zero attached hydrogens (tertiary/aromatic N) is 2. The van der Waals surface area contributed by atoms with Gasteiger partial charge in [0.15, 0.2) is 0 Å². The van der Waals surface area contributed by atoms with Gasteiger partial charge in [-0.3, -0.25) is 4.79 Å². The van der Waals surface area contributed by atoms with Gasteiger partial charge in [-0.15, -0.1) is 0 Å². The van der Waals surface area contributed by atoms with Crippen molar-refractivity contribution >= 4 is 17.8 Å². The van der Waals surface area contributed by atoms with Gasteiger partial charge in [-0.1, -0.05) is 36.4 Å². The molecule has 54 heavy (non-hydrogen) atoms. The summed E-state index contributed by atoms with van der Waals surface area (Å²) in [6, 6.07) is 25.3. The number of carbonyl (C=O) groups excluding carboxylic acids is 2. The van der Waals surface area contributed by atoms with Gasteiger partial charge in [0.1, 0.15) is 17.3 Å². The Hall–Kier alpha value is -6.02. The van der Waals surface area contributed by atoms with Crippen LogP contribution in [0.25, 0.3) is 33.9 Å². The zero-order chi connectivity index (χ0) is 38.6. The third kappa shape index (κ3) is 9.31. The molecule has 1 aromatic heterocycles. The van der Waals surface area contributed by atoms with E-state index in [2.05, 4.69) is 5.32 Å². The fourth-order valence-corrected chi connectivity index (χ4v) is 5.94. The number of carbonyl (C=O) groups is 3. The number of imidazole rings is 1. The molecule has 0 saturated heterocycles. The van der Waals surface area contributed by atoms with Crippen molar-refractivity contribution in [2.75, 3.05) is 60.8 Å². The van der Waals surface area contributed by atoms with Gasteiger partial charge in [-0.05, 0) is 66.6 Å². The summed E-state index contributed by atoms with van der Waals surface area (Å²) in [6.07, 6.45) is 0. The number of benzene rings is 4. The number of carboxylic acids is 1. The molecule has 5 aromatic rings. The van der Waals surface area contributed by atoms with Crippen molar-refractivity contribution in [2.45, 2.75) is 13.5 Å². The lowest BCUT2D eigenvalue weighted by Gasteiger charge is -2.16. The van der Waals surface area contributed by atoms with Gasteiger partial charge in [-0.2, -0.15) is 0 Å². The summed E-state index contributed by atoms with van der Waals surface area (Å²) in [5.74, 6) is -0.484. The third-order valence-corrected chi connectivity index (χ3v) is 8.68. The molecule has 13 heteroatoms. The highest BCUT2D eigenvalue weighted by Gasteiger charge is 2.26. The van der Waals surface area contributed by atoms with E-state index in [0.717, 1.165) is 16.7 Å². The fraction of sp³-hybridized carbons (Fsp3) is 0.268. The van der Waals surface area contributed by atoms with Crippen molar-refractivity contribution in [1.82, 2.24) is 14.9 Å². The van der Waals surface area contributed by atoms with Crippen molar-refractivity contribution in [3.63, 3.8) is 0 Å². The molecule has 0 fully saturated rings. The Labute approximate surface area is 313 Å². The summed E-state index contributed by atoms with van der Waals surface area (Å²) in [7, 11) is 4.42. The first kappa shape index (κ1) is 39.2. The number of nitrogens with one attached hydrogen (secondary N) is 1. The van der Waals surface area contributed by atoms with E-state index in [4.69, 9.17) is 34.4 Å². The Morgan fingerprint density at radius 1 is 0.778 bits per heavy atom. The molecule has 0 spiro atoms. The van der Waals surface area contributed by atoms with Gasteiger partial charge in [0, 0.05) is 41.9 Å². The lowest BCUT2D eigenvalue weighted by atomic mass is 9.98. The average molecular weight is 737 g/mol. The Kier molecular flexibility index (Phi) is 13.5. The Balaban J connectivity index is 1.60. The highest BCUT2D eigenvalue weighted by atomic mass is 16.5. The van der Waals surface area contributed by atoms with Crippen LogP contribution in [0.1, 0.15) is 42.2 Å². The van der Waals surface area contributed by atoms with E-state index < -0.39 is 11.9 Å². The van der Waals surface area contributed by atoms with Crippen molar-refractivity contribution in [3.05, 3.63) is 113 Å². The largest absolute Gasteiger partial charge is 0.497 e. The Bertz CT molecular complexity index is 2090. The van der Waals surface area contributed by atoms with Crippen LogP contribution in [0, 0.1) is 6.92 Å². The molecule has 0 aliphatic heterocycles. The van der Waals surface area contributed by atoms with E-state index in [1.165, 1.54) is 13.2 Å². The number of rotatable bonds is 18. The van der Waals surface area contributed by atoms with Gasteiger partial charge < -0.3 is 44.4 Å². The molecule has 1 amide bonds. The smallest absolute Gasteiger partial charge is 0.338 e. The van der Waals surface area contributed by atoms with E-state index in [1.807, 2.05) is 65.2 Å². The monoisotopic (exact) mass is 736 g/mol. The number of aromatic carboxylic acids is 1. The zero-order valence-corrected chi connectivity index (χ0v) is 30.7. The maximum Gasteiger partial charge on any atom is 0.338 e. The van der Waals surface area contributed by atoms with Crippen LogP contribution in [0.3, 0.4) is 0 Å². The van der Waals surface area contributed by atoms with Crippen molar-refractivity contribution in [2.24, 2.45) is 5.73 Å². The number of carboxylic acid groups (broad SMARTS) is 1. The van der Waals surface area contributed by atoms with Crippen molar-refractivity contribution < 1.29 is 43.2 Å². The summed E-state index contributed by atoms with van der Waals surface area (Å²) >= 11 is 0. The predicted octanol–water partition coefficient (Wildman–Crippen LogP) is 5.46. The van der Waals surface area contributed by atoms with Crippen LogP contribution in [-0.4, -0.2) is 93.3 Å². The SMILES string of the molecule is COC(=O)c1cc(-c2nc(-c3cccc(OC)c3)c(-c3cccc(OC)c3)n2Cc2ccc(C(=O)NCCOCCOCCN)cc2)cc(C(=O)O)c1C. The minimum atomic E-state index is -1.20. The molecule has 4 aromatic carbocycles. The molecule has 0 unspecified atom stereocenters. The molecular weight excluding hydrogens is 692 g/mol. The molecule has 0 aliphatic carbocycles. The molecule has 1 heterocycles. The second-order valence-corrected chi connectivity index (χ2v) is 12.1. The lowest BCUT2D eigenvalue weighted by Crippen LogP contribution is -2.27. The number of hydrogen-bond acceptors (Lipinski definition) is 10. The number of esters is 1. The normalized spacial score (nSPS) is 10.9. The topological polar surface area (TPSA) is 173 Å². The minimum absolute atomic E-state index is 0.0611. The van der Waals surface area contributed by atoms with Gasteiger partial charge in [-0.25, -0.2) is 14.6 Å². The molecule has 0 aliphatic rings. The number of amides is 1. The molecule has 4 N–H and O–H groups in total. The van der Waals surface area contributed by atoms with Crippen LogP contribution in [0.15, 0.2) is 84.9 Å². The van der Waals surface area contributed by atoms with E-state index in [1.54, 1.807) is 39.3 Å². The fourth-order valence-electron chi connectivity index (χ4n) is 5.94. The van der Waals surface area contributed by atoms with Gasteiger partial charge in [0.25, 0.3) is 5.91 Å². The lowest BCUT2D eigenvalue weighted by molar-refractivity contribution is 0.0511. The first-order chi connectivity index (χ1) is 26.2. The highest BCUT2D eigenvalue weighted by molar-refractivity contribution is 5.99. The molecule has 0 radical (unpaired) electrons. The Morgan fingerprint density at radius 3 is 2.04 bits per heavy atom. The van der Waals surface area contributed by atoms with Crippen LogP contribution >= 0.6 is 0 Å². The maximum atomic E-state index is 12.9. The summed E-state index contributed by atoms with van der Waals surface area (Å²) in [4.78, 5) is 43.5. The van der Waals surface area contributed by atoms with E-state index in [-0.39, 0.29) is 29.1 Å². The molecule has 13 nitrogen and oxygen atoms in total. The molecular formula is C41H44N4O9. The molecule has 0 bridgehead atoms. The second-order valence-electron chi connectivity index (χ2n) is 12.1. The van der Waals surface area contributed by atoms with Crippen LogP contribution in [0.2, 0.25) is 0 Å². The second kappa shape index (κ2) is 18.6. The first-order valence-electron chi connectivity index (χ1n) is 17.3. The summed E-state index contributed by atoms with van der Waals surface area (Å²) < 4.78 is 28.9. The minimum Gasteiger partial charge on any atom is -0.497 e. The Morgan fingerprint density at radius 2 is 1.41 bits per heavy atom. The van der Waals surface area contributed by atoms with E-state index in [9.17, 15) is 19.5 Å². The molecule has 5 rings (SSSR count).